The van der Waals surface area contributed by atoms with Crippen LogP contribution in [0.4, 0.5) is 9.18 Å². The number of carbonyl (C=O) groups is 2. The number of benzene rings is 1. The van der Waals surface area contributed by atoms with Crippen LogP contribution in [0.3, 0.4) is 0 Å². The second kappa shape index (κ2) is 8.24. The Bertz CT molecular complexity index is 768. The summed E-state index contributed by atoms with van der Waals surface area (Å²) >= 11 is 0. The van der Waals surface area contributed by atoms with E-state index in [2.05, 4.69) is 5.32 Å². The molecule has 0 bridgehead atoms. The van der Waals surface area contributed by atoms with Crippen molar-refractivity contribution in [2.24, 2.45) is 0 Å². The average Bonchev–Trinajstić information content (AvgIpc) is 3.22. The van der Waals surface area contributed by atoms with Gasteiger partial charge in [-0.3, -0.25) is 4.79 Å². The largest absolute Gasteiger partial charge is 0.459 e. The third-order valence-electron chi connectivity index (χ3n) is 5.10. The van der Waals surface area contributed by atoms with Gasteiger partial charge in [0.2, 0.25) is 0 Å². The predicted molar refractivity (Wildman–Crippen MR) is 98.7 cm³/mol. The van der Waals surface area contributed by atoms with Crippen LogP contribution in [-0.2, 0) is 0 Å². The van der Waals surface area contributed by atoms with Gasteiger partial charge >= 0.3 is 6.03 Å². The Labute approximate surface area is 157 Å². The van der Waals surface area contributed by atoms with Crippen LogP contribution in [0, 0.1) is 5.82 Å². The lowest BCUT2D eigenvalue weighted by molar-refractivity contribution is 0.0674. The van der Waals surface area contributed by atoms with E-state index in [0.717, 1.165) is 5.56 Å². The molecule has 1 atom stereocenters. The smallest absolute Gasteiger partial charge is 0.317 e. The van der Waals surface area contributed by atoms with Crippen molar-refractivity contribution in [3.8, 4) is 0 Å². The predicted octanol–water partition coefficient (Wildman–Crippen LogP) is 3.43. The van der Waals surface area contributed by atoms with E-state index >= 15 is 0 Å². The molecule has 2 heterocycles. The standard InChI is InChI=1S/C20H24FN3O3/c1-14(15-5-7-16(21)8-6-15)23(2)20(26)22-17-9-11-24(12-10-17)19(25)18-4-3-13-27-18/h3-8,13-14,17H,9-12H2,1-2H3,(H,22,26). The van der Waals surface area contributed by atoms with Gasteiger partial charge in [-0.05, 0) is 49.6 Å². The fraction of sp³-hybridized carbons (Fsp3) is 0.400. The van der Waals surface area contributed by atoms with Crippen LogP contribution in [0.1, 0.15) is 41.9 Å². The average molecular weight is 373 g/mol. The van der Waals surface area contributed by atoms with Crippen LogP contribution in [-0.4, -0.2) is 47.9 Å². The highest BCUT2D eigenvalue weighted by molar-refractivity contribution is 5.91. The third-order valence-corrected chi connectivity index (χ3v) is 5.10. The molecule has 1 N–H and O–H groups in total. The molecule has 27 heavy (non-hydrogen) atoms. The molecule has 1 saturated heterocycles. The lowest BCUT2D eigenvalue weighted by atomic mass is 10.0. The number of rotatable bonds is 4. The molecule has 6 nitrogen and oxygen atoms in total. The Kier molecular flexibility index (Phi) is 5.78. The summed E-state index contributed by atoms with van der Waals surface area (Å²) in [5.74, 6) is -0.0777. The summed E-state index contributed by atoms with van der Waals surface area (Å²) in [7, 11) is 1.72. The van der Waals surface area contributed by atoms with Gasteiger partial charge in [0.05, 0.1) is 12.3 Å². The summed E-state index contributed by atoms with van der Waals surface area (Å²) in [6, 6.07) is 9.16. The molecule has 1 unspecified atom stereocenters. The van der Waals surface area contributed by atoms with E-state index in [1.54, 1.807) is 41.1 Å². The molecule has 0 saturated carbocycles. The fourth-order valence-electron chi connectivity index (χ4n) is 3.20. The van der Waals surface area contributed by atoms with Gasteiger partial charge in [0.1, 0.15) is 5.82 Å². The first-order chi connectivity index (χ1) is 13.0. The molecule has 0 aliphatic carbocycles. The second-order valence-corrected chi connectivity index (χ2v) is 6.83. The number of likely N-dealkylation sites (tertiary alicyclic amines) is 1. The van der Waals surface area contributed by atoms with Crippen molar-refractivity contribution in [3.63, 3.8) is 0 Å². The van der Waals surface area contributed by atoms with Gasteiger partial charge in [0.15, 0.2) is 5.76 Å². The van der Waals surface area contributed by atoms with E-state index in [1.165, 1.54) is 18.4 Å². The highest BCUT2D eigenvalue weighted by Gasteiger charge is 2.27. The Balaban J connectivity index is 1.50. The zero-order valence-corrected chi connectivity index (χ0v) is 15.5. The highest BCUT2D eigenvalue weighted by Crippen LogP contribution is 2.20. The zero-order chi connectivity index (χ0) is 19.4. The number of nitrogens with one attached hydrogen (secondary N) is 1. The summed E-state index contributed by atoms with van der Waals surface area (Å²) in [6.45, 7) is 3.04. The van der Waals surface area contributed by atoms with Crippen LogP contribution in [0.25, 0.3) is 0 Å². The molecule has 0 radical (unpaired) electrons. The number of furan rings is 1. The van der Waals surface area contributed by atoms with Gasteiger partial charge in [0, 0.05) is 26.2 Å². The van der Waals surface area contributed by atoms with Gasteiger partial charge in [-0.1, -0.05) is 12.1 Å². The maximum atomic E-state index is 13.1. The lowest BCUT2D eigenvalue weighted by Crippen LogP contribution is -2.49. The minimum absolute atomic E-state index is 0.0148. The Hall–Kier alpha value is -2.83. The first-order valence-electron chi connectivity index (χ1n) is 9.07. The van der Waals surface area contributed by atoms with Gasteiger partial charge in [-0.2, -0.15) is 0 Å². The molecule has 1 aromatic heterocycles. The first-order valence-corrected chi connectivity index (χ1v) is 9.07. The van der Waals surface area contributed by atoms with Crippen LogP contribution in [0.2, 0.25) is 0 Å². The minimum Gasteiger partial charge on any atom is -0.459 e. The number of hydrogen-bond acceptors (Lipinski definition) is 3. The number of hydrogen-bond donors (Lipinski definition) is 1. The Morgan fingerprint density at radius 2 is 1.89 bits per heavy atom. The van der Waals surface area contributed by atoms with Crippen molar-refractivity contribution in [2.45, 2.75) is 31.8 Å². The van der Waals surface area contributed by atoms with Crippen molar-refractivity contribution < 1.29 is 18.4 Å². The molecule has 1 aliphatic heterocycles. The first kappa shape index (κ1) is 18.9. The number of halogens is 1. The number of carbonyl (C=O) groups excluding carboxylic acids is 2. The quantitative estimate of drug-likeness (QED) is 0.893. The van der Waals surface area contributed by atoms with E-state index < -0.39 is 0 Å². The SMILES string of the molecule is CC(c1ccc(F)cc1)N(C)C(=O)NC1CCN(C(=O)c2ccco2)CC1. The van der Waals surface area contributed by atoms with Crippen molar-refractivity contribution >= 4 is 11.9 Å². The molecule has 3 amide bonds. The van der Waals surface area contributed by atoms with Crippen LogP contribution in [0.15, 0.2) is 47.1 Å². The summed E-state index contributed by atoms with van der Waals surface area (Å²) in [6.07, 6.45) is 2.87. The van der Waals surface area contributed by atoms with Crippen molar-refractivity contribution in [3.05, 3.63) is 59.8 Å². The highest BCUT2D eigenvalue weighted by atomic mass is 19.1. The molecular formula is C20H24FN3O3. The molecule has 1 aliphatic rings. The van der Waals surface area contributed by atoms with E-state index in [4.69, 9.17) is 4.42 Å². The molecule has 3 rings (SSSR count). The zero-order valence-electron chi connectivity index (χ0n) is 15.5. The molecule has 0 spiro atoms. The molecule has 7 heteroatoms. The van der Waals surface area contributed by atoms with Crippen molar-refractivity contribution in [1.29, 1.82) is 0 Å². The van der Waals surface area contributed by atoms with E-state index in [0.29, 0.717) is 31.7 Å². The maximum absolute atomic E-state index is 13.1. The normalized spacial score (nSPS) is 16.0. The Morgan fingerprint density at radius 3 is 2.48 bits per heavy atom. The third kappa shape index (κ3) is 4.48. The molecule has 144 valence electrons. The fourth-order valence-corrected chi connectivity index (χ4v) is 3.20. The van der Waals surface area contributed by atoms with Gasteiger partial charge in [-0.15, -0.1) is 0 Å². The molecule has 2 aromatic rings. The van der Waals surface area contributed by atoms with Crippen molar-refractivity contribution in [2.75, 3.05) is 20.1 Å². The minimum atomic E-state index is -0.297. The van der Waals surface area contributed by atoms with Crippen molar-refractivity contribution in [1.82, 2.24) is 15.1 Å². The molecule has 1 fully saturated rings. The lowest BCUT2D eigenvalue weighted by Gasteiger charge is -2.34. The summed E-state index contributed by atoms with van der Waals surface area (Å²) in [5, 5.41) is 3.03. The monoisotopic (exact) mass is 373 g/mol. The van der Waals surface area contributed by atoms with Crippen LogP contribution < -0.4 is 5.32 Å². The van der Waals surface area contributed by atoms with Crippen LogP contribution in [0.5, 0.6) is 0 Å². The Morgan fingerprint density at radius 1 is 1.22 bits per heavy atom. The maximum Gasteiger partial charge on any atom is 0.317 e. The van der Waals surface area contributed by atoms with E-state index in [-0.39, 0.29) is 29.8 Å². The van der Waals surface area contributed by atoms with E-state index in [1.807, 2.05) is 6.92 Å². The molecule has 1 aromatic carbocycles. The van der Waals surface area contributed by atoms with Gasteiger partial charge in [0.25, 0.3) is 5.91 Å². The number of nitrogens with zero attached hydrogens (tertiary/aromatic N) is 2. The van der Waals surface area contributed by atoms with E-state index in [9.17, 15) is 14.0 Å². The molecular weight excluding hydrogens is 349 g/mol. The number of urea groups is 1. The van der Waals surface area contributed by atoms with Gasteiger partial charge < -0.3 is 19.5 Å². The summed E-state index contributed by atoms with van der Waals surface area (Å²) in [4.78, 5) is 28.2. The second-order valence-electron chi connectivity index (χ2n) is 6.83. The van der Waals surface area contributed by atoms with Gasteiger partial charge in [-0.25, -0.2) is 9.18 Å². The summed E-state index contributed by atoms with van der Waals surface area (Å²) < 4.78 is 18.2. The topological polar surface area (TPSA) is 65.8 Å². The van der Waals surface area contributed by atoms with Crippen LogP contribution >= 0.6 is 0 Å². The number of amides is 3. The number of piperidine rings is 1. The summed E-state index contributed by atoms with van der Waals surface area (Å²) in [5.41, 5.74) is 0.868.